The third kappa shape index (κ3) is 1.84. The maximum atomic E-state index is 12.1. The second-order valence-corrected chi connectivity index (χ2v) is 2.68. The van der Waals surface area contributed by atoms with Crippen molar-refractivity contribution < 1.29 is 17.9 Å². The van der Waals surface area contributed by atoms with E-state index in [1.165, 1.54) is 0 Å². The predicted molar refractivity (Wildman–Crippen MR) is 32.9 cm³/mol. The highest BCUT2D eigenvalue weighted by atomic mass is 19.4. The monoisotopic (exact) mass is 169 g/mol. The van der Waals surface area contributed by atoms with E-state index in [1.54, 1.807) is 0 Å². The Hall–Kier alpha value is -0.290. The van der Waals surface area contributed by atoms with Crippen molar-refractivity contribution in [2.24, 2.45) is 17.6 Å². The minimum atomic E-state index is -4.15. The van der Waals surface area contributed by atoms with Gasteiger partial charge in [-0.1, -0.05) is 0 Å². The lowest BCUT2D eigenvalue weighted by Crippen LogP contribution is -2.33. The van der Waals surface area contributed by atoms with Gasteiger partial charge in [0.2, 0.25) is 0 Å². The van der Waals surface area contributed by atoms with Crippen molar-refractivity contribution in [3.05, 3.63) is 0 Å². The van der Waals surface area contributed by atoms with Gasteiger partial charge in [-0.2, -0.15) is 13.2 Å². The molecule has 2 nitrogen and oxygen atoms in total. The molecular weight excluding hydrogens is 159 g/mol. The summed E-state index contributed by atoms with van der Waals surface area (Å²) in [5.41, 5.74) is 5.14. The van der Waals surface area contributed by atoms with Crippen molar-refractivity contribution in [3.8, 4) is 0 Å². The second kappa shape index (κ2) is 2.98. The molecule has 0 aliphatic carbocycles. The molecule has 11 heavy (non-hydrogen) atoms. The lowest BCUT2D eigenvalue weighted by molar-refractivity contribution is -0.181. The molecule has 0 aromatic heterocycles. The molecular formula is C6H10F3NO. The molecule has 0 amide bonds. The van der Waals surface area contributed by atoms with Crippen molar-refractivity contribution in [1.29, 1.82) is 0 Å². The topological polar surface area (TPSA) is 35.2 Å². The van der Waals surface area contributed by atoms with Crippen molar-refractivity contribution >= 4 is 0 Å². The van der Waals surface area contributed by atoms with Crippen LogP contribution in [0.2, 0.25) is 0 Å². The van der Waals surface area contributed by atoms with Crippen molar-refractivity contribution in [2.45, 2.75) is 6.18 Å². The van der Waals surface area contributed by atoms with E-state index in [0.717, 1.165) is 0 Å². The van der Waals surface area contributed by atoms with Crippen LogP contribution in [-0.4, -0.2) is 25.9 Å². The number of hydrogen-bond acceptors (Lipinski definition) is 2. The molecule has 1 rings (SSSR count). The number of ether oxygens (including phenoxy) is 1. The zero-order valence-corrected chi connectivity index (χ0v) is 5.90. The van der Waals surface area contributed by atoms with Crippen molar-refractivity contribution in [3.63, 3.8) is 0 Å². The molecule has 0 radical (unpaired) electrons. The average molecular weight is 169 g/mol. The highest BCUT2D eigenvalue weighted by Gasteiger charge is 2.47. The average Bonchev–Trinajstić information content (AvgIpc) is 2.31. The first-order valence-electron chi connectivity index (χ1n) is 3.40. The summed E-state index contributed by atoms with van der Waals surface area (Å²) in [6.07, 6.45) is -4.15. The first-order valence-corrected chi connectivity index (χ1v) is 3.40. The molecule has 0 aromatic rings. The van der Waals surface area contributed by atoms with E-state index in [2.05, 4.69) is 4.74 Å². The zero-order valence-electron chi connectivity index (χ0n) is 5.90. The van der Waals surface area contributed by atoms with Gasteiger partial charge in [0, 0.05) is 5.92 Å². The third-order valence-electron chi connectivity index (χ3n) is 1.92. The molecule has 1 aliphatic heterocycles. The molecule has 2 N–H and O–H groups in total. The Kier molecular flexibility index (Phi) is 2.39. The van der Waals surface area contributed by atoms with Gasteiger partial charge in [-0.05, 0) is 6.54 Å². The van der Waals surface area contributed by atoms with Crippen LogP contribution >= 0.6 is 0 Å². The van der Waals surface area contributed by atoms with E-state index in [9.17, 15) is 13.2 Å². The standard InChI is InChI=1S/C6H10F3NO/c7-6(8,9)5-3-11-2-4(5)1-10/h4-5H,1-3,10H2. The summed E-state index contributed by atoms with van der Waals surface area (Å²) < 4.78 is 40.9. The molecule has 1 fully saturated rings. The highest BCUT2D eigenvalue weighted by molar-refractivity contribution is 4.81. The first-order chi connectivity index (χ1) is 5.05. The zero-order chi connectivity index (χ0) is 8.48. The smallest absolute Gasteiger partial charge is 0.380 e. The molecule has 0 spiro atoms. The molecule has 5 heteroatoms. The molecule has 1 saturated heterocycles. The summed E-state index contributed by atoms with van der Waals surface area (Å²) in [4.78, 5) is 0. The van der Waals surface area contributed by atoms with Gasteiger partial charge in [-0.15, -0.1) is 0 Å². The Labute approximate surface area is 62.5 Å². The van der Waals surface area contributed by atoms with Crippen molar-refractivity contribution in [2.75, 3.05) is 19.8 Å². The summed E-state index contributed by atoms with van der Waals surface area (Å²) >= 11 is 0. The number of nitrogens with two attached hydrogens (primary N) is 1. The number of rotatable bonds is 1. The fourth-order valence-electron chi connectivity index (χ4n) is 1.19. The minimum Gasteiger partial charge on any atom is -0.380 e. The highest BCUT2D eigenvalue weighted by Crippen LogP contribution is 2.35. The lowest BCUT2D eigenvalue weighted by Gasteiger charge is -2.18. The third-order valence-corrected chi connectivity index (χ3v) is 1.92. The van der Waals surface area contributed by atoms with Gasteiger partial charge in [-0.25, -0.2) is 0 Å². The van der Waals surface area contributed by atoms with Crippen LogP contribution in [0.5, 0.6) is 0 Å². The van der Waals surface area contributed by atoms with Crippen LogP contribution in [0.1, 0.15) is 0 Å². The lowest BCUT2D eigenvalue weighted by atomic mass is 9.96. The van der Waals surface area contributed by atoms with Crippen LogP contribution in [0.4, 0.5) is 13.2 Å². The summed E-state index contributed by atoms with van der Waals surface area (Å²) in [6.45, 7) is -0.0454. The van der Waals surface area contributed by atoms with Gasteiger partial charge >= 0.3 is 6.18 Å². The largest absolute Gasteiger partial charge is 0.394 e. The van der Waals surface area contributed by atoms with E-state index < -0.39 is 18.0 Å². The van der Waals surface area contributed by atoms with Crippen LogP contribution < -0.4 is 5.73 Å². The second-order valence-electron chi connectivity index (χ2n) is 2.68. The molecule has 66 valence electrons. The Morgan fingerprint density at radius 1 is 1.36 bits per heavy atom. The van der Waals surface area contributed by atoms with Gasteiger partial charge in [0.1, 0.15) is 0 Å². The Bertz CT molecular complexity index is 136. The van der Waals surface area contributed by atoms with E-state index >= 15 is 0 Å². The Balaban J connectivity index is 2.57. The summed E-state index contributed by atoms with van der Waals surface area (Å²) in [6, 6.07) is 0. The van der Waals surface area contributed by atoms with Crippen LogP contribution in [-0.2, 0) is 4.74 Å². The van der Waals surface area contributed by atoms with Gasteiger partial charge in [0.25, 0.3) is 0 Å². The van der Waals surface area contributed by atoms with E-state index in [4.69, 9.17) is 5.73 Å². The summed E-state index contributed by atoms with van der Waals surface area (Å²) in [7, 11) is 0. The SMILES string of the molecule is NCC1COCC1C(F)(F)F. The van der Waals surface area contributed by atoms with E-state index in [0.29, 0.717) is 0 Å². The van der Waals surface area contributed by atoms with E-state index in [-0.39, 0.29) is 19.8 Å². The summed E-state index contributed by atoms with van der Waals surface area (Å²) in [5, 5.41) is 0. The first kappa shape index (κ1) is 8.80. The minimum absolute atomic E-state index is 0.0458. The fraction of sp³-hybridized carbons (Fsp3) is 1.00. The predicted octanol–water partition coefficient (Wildman–Crippen LogP) is 0.770. The van der Waals surface area contributed by atoms with Crippen LogP contribution in [0, 0.1) is 11.8 Å². The quantitative estimate of drug-likeness (QED) is 0.629. The number of halogens is 3. The van der Waals surface area contributed by atoms with Crippen LogP contribution in [0.3, 0.4) is 0 Å². The fourth-order valence-corrected chi connectivity index (χ4v) is 1.19. The molecule has 0 bridgehead atoms. The molecule has 0 saturated carbocycles. The Morgan fingerprint density at radius 3 is 2.36 bits per heavy atom. The van der Waals surface area contributed by atoms with Crippen molar-refractivity contribution in [1.82, 2.24) is 0 Å². The van der Waals surface area contributed by atoms with Crippen LogP contribution in [0.25, 0.3) is 0 Å². The molecule has 2 atom stereocenters. The van der Waals surface area contributed by atoms with Gasteiger partial charge in [0.05, 0.1) is 19.1 Å². The van der Waals surface area contributed by atoms with Gasteiger partial charge in [-0.3, -0.25) is 0 Å². The molecule has 2 unspecified atom stereocenters. The normalized spacial score (nSPS) is 32.7. The molecule has 1 aliphatic rings. The Morgan fingerprint density at radius 2 is 2.00 bits per heavy atom. The summed E-state index contributed by atoms with van der Waals surface area (Å²) in [5.74, 6) is -1.90. The number of hydrogen-bond donors (Lipinski definition) is 1. The number of alkyl halides is 3. The maximum Gasteiger partial charge on any atom is 0.394 e. The molecule has 0 aromatic carbocycles. The van der Waals surface area contributed by atoms with Gasteiger partial charge in [0.15, 0.2) is 0 Å². The van der Waals surface area contributed by atoms with E-state index in [1.807, 2.05) is 0 Å². The maximum absolute atomic E-state index is 12.1. The molecule has 1 heterocycles. The van der Waals surface area contributed by atoms with Gasteiger partial charge < -0.3 is 10.5 Å². The van der Waals surface area contributed by atoms with Crippen LogP contribution in [0.15, 0.2) is 0 Å².